The molecular weight excluding hydrogens is 412 g/mol. The van der Waals surface area contributed by atoms with Gasteiger partial charge in [0.05, 0.1) is 12.7 Å². The molecule has 166 valence electrons. The normalized spacial score (nSPS) is 21.8. The average molecular weight is 436 g/mol. The van der Waals surface area contributed by atoms with Gasteiger partial charge in [-0.15, -0.1) is 0 Å². The molecule has 2 fully saturated rings. The molecule has 2 atom stereocenters. The molecule has 2 aromatic carbocycles. The maximum atomic E-state index is 13.9. The zero-order chi connectivity index (χ0) is 22.2. The predicted octanol–water partition coefficient (Wildman–Crippen LogP) is 4.30. The van der Waals surface area contributed by atoms with Gasteiger partial charge in [-0.25, -0.2) is 4.39 Å². The van der Waals surface area contributed by atoms with E-state index < -0.39 is 17.6 Å². The van der Waals surface area contributed by atoms with Crippen molar-refractivity contribution in [2.75, 3.05) is 33.3 Å². The molecule has 0 spiro atoms. The van der Waals surface area contributed by atoms with Crippen LogP contribution in [-0.2, 0) is 17.5 Å². The standard InChI is InChI=1S/C23H24F4N2O2/c1-31-21-7-2-15(12-20(21)24)14-28-8-10-29(11-9-28)22(30)19-13-18(19)16-3-5-17(6-4-16)23(25,26)27/h2-7,12,18-19H,8-11,13-14H2,1H3. The zero-order valence-electron chi connectivity index (χ0n) is 17.2. The second-order valence-corrected chi connectivity index (χ2v) is 8.14. The van der Waals surface area contributed by atoms with Crippen LogP contribution < -0.4 is 4.74 Å². The van der Waals surface area contributed by atoms with E-state index in [-0.39, 0.29) is 23.5 Å². The number of methoxy groups -OCH3 is 1. The highest BCUT2D eigenvalue weighted by Crippen LogP contribution is 2.49. The van der Waals surface area contributed by atoms with Crippen molar-refractivity contribution in [1.82, 2.24) is 9.80 Å². The third-order valence-electron chi connectivity index (χ3n) is 6.08. The highest BCUT2D eigenvalue weighted by Gasteiger charge is 2.46. The number of carbonyl (C=O) groups excluding carboxylic acids is 1. The van der Waals surface area contributed by atoms with Crippen molar-refractivity contribution < 1.29 is 27.1 Å². The minimum Gasteiger partial charge on any atom is -0.494 e. The van der Waals surface area contributed by atoms with E-state index in [0.29, 0.717) is 39.1 Å². The summed E-state index contributed by atoms with van der Waals surface area (Å²) in [5.41, 5.74) is 0.960. The molecule has 1 amide bonds. The Morgan fingerprint density at radius 1 is 1.06 bits per heavy atom. The molecule has 4 rings (SSSR count). The summed E-state index contributed by atoms with van der Waals surface area (Å²) < 4.78 is 57.0. The molecule has 0 radical (unpaired) electrons. The summed E-state index contributed by atoms with van der Waals surface area (Å²) >= 11 is 0. The van der Waals surface area contributed by atoms with Gasteiger partial charge in [-0.05, 0) is 47.7 Å². The highest BCUT2D eigenvalue weighted by molar-refractivity contribution is 5.83. The number of rotatable bonds is 5. The monoisotopic (exact) mass is 436 g/mol. The molecule has 0 N–H and O–H groups in total. The maximum absolute atomic E-state index is 13.9. The molecule has 2 aromatic rings. The van der Waals surface area contributed by atoms with E-state index >= 15 is 0 Å². The van der Waals surface area contributed by atoms with E-state index in [9.17, 15) is 22.4 Å². The number of halogens is 4. The Kier molecular flexibility index (Phi) is 5.92. The number of piperazine rings is 1. The fourth-order valence-corrected chi connectivity index (χ4v) is 4.18. The number of hydrogen-bond donors (Lipinski definition) is 0. The number of benzene rings is 2. The lowest BCUT2D eigenvalue weighted by Gasteiger charge is -2.35. The van der Waals surface area contributed by atoms with Crippen LogP contribution in [0.1, 0.15) is 29.0 Å². The van der Waals surface area contributed by atoms with Gasteiger partial charge in [0, 0.05) is 38.6 Å². The summed E-state index contributed by atoms with van der Waals surface area (Å²) in [4.78, 5) is 16.8. The maximum Gasteiger partial charge on any atom is 0.416 e. The molecule has 0 aromatic heterocycles. The summed E-state index contributed by atoms with van der Waals surface area (Å²) in [7, 11) is 1.43. The largest absolute Gasteiger partial charge is 0.494 e. The lowest BCUT2D eigenvalue weighted by molar-refractivity contribution is -0.137. The summed E-state index contributed by atoms with van der Waals surface area (Å²) in [6.45, 7) is 3.16. The van der Waals surface area contributed by atoms with Crippen molar-refractivity contribution in [3.63, 3.8) is 0 Å². The van der Waals surface area contributed by atoms with Crippen LogP contribution in [-0.4, -0.2) is 49.0 Å². The Morgan fingerprint density at radius 2 is 1.74 bits per heavy atom. The van der Waals surface area contributed by atoms with E-state index in [1.165, 1.54) is 25.3 Å². The second-order valence-electron chi connectivity index (χ2n) is 8.14. The summed E-state index contributed by atoms with van der Waals surface area (Å²) in [6, 6.07) is 10.0. The van der Waals surface area contributed by atoms with E-state index in [1.807, 2.05) is 11.0 Å². The molecular formula is C23H24F4N2O2. The summed E-state index contributed by atoms with van der Waals surface area (Å²) in [5.74, 6) is -0.267. The number of nitrogens with zero attached hydrogens (tertiary/aromatic N) is 2. The third kappa shape index (κ3) is 4.84. The molecule has 31 heavy (non-hydrogen) atoms. The van der Waals surface area contributed by atoms with Crippen molar-refractivity contribution in [2.24, 2.45) is 5.92 Å². The molecule has 2 aliphatic rings. The minimum atomic E-state index is -4.35. The number of hydrogen-bond acceptors (Lipinski definition) is 3. The van der Waals surface area contributed by atoms with Gasteiger partial charge in [-0.3, -0.25) is 9.69 Å². The van der Waals surface area contributed by atoms with E-state index in [4.69, 9.17) is 4.74 Å². The van der Waals surface area contributed by atoms with Crippen molar-refractivity contribution in [1.29, 1.82) is 0 Å². The molecule has 1 saturated heterocycles. The predicted molar refractivity (Wildman–Crippen MR) is 107 cm³/mol. The third-order valence-corrected chi connectivity index (χ3v) is 6.08. The number of carbonyl (C=O) groups is 1. The van der Waals surface area contributed by atoms with Crippen molar-refractivity contribution in [3.8, 4) is 5.75 Å². The van der Waals surface area contributed by atoms with E-state index in [1.54, 1.807) is 6.07 Å². The van der Waals surface area contributed by atoms with Crippen LogP contribution in [0.25, 0.3) is 0 Å². The summed E-state index contributed by atoms with van der Waals surface area (Å²) in [6.07, 6.45) is -3.68. The van der Waals surface area contributed by atoms with Crippen LogP contribution in [0.4, 0.5) is 17.6 Å². The van der Waals surface area contributed by atoms with Gasteiger partial charge in [0.15, 0.2) is 11.6 Å². The lowest BCUT2D eigenvalue weighted by Crippen LogP contribution is -2.48. The van der Waals surface area contributed by atoms with Crippen LogP contribution in [0.3, 0.4) is 0 Å². The Bertz CT molecular complexity index is 938. The van der Waals surface area contributed by atoms with Gasteiger partial charge in [0.25, 0.3) is 0 Å². The molecule has 1 saturated carbocycles. The number of amides is 1. The Labute approximate surface area is 178 Å². The van der Waals surface area contributed by atoms with Gasteiger partial charge >= 0.3 is 6.18 Å². The first kappa shape index (κ1) is 21.6. The van der Waals surface area contributed by atoms with Gasteiger partial charge < -0.3 is 9.64 Å². The molecule has 2 unspecified atom stereocenters. The Hall–Kier alpha value is -2.61. The van der Waals surface area contributed by atoms with Gasteiger partial charge in [0.1, 0.15) is 0 Å². The SMILES string of the molecule is COc1ccc(CN2CCN(C(=O)C3CC3c3ccc(C(F)(F)F)cc3)CC2)cc1F. The van der Waals surface area contributed by atoms with Crippen molar-refractivity contribution >= 4 is 5.91 Å². The average Bonchev–Trinajstić information content (AvgIpc) is 3.54. The van der Waals surface area contributed by atoms with Crippen LogP contribution in [0, 0.1) is 11.7 Å². The molecule has 0 bridgehead atoms. The van der Waals surface area contributed by atoms with Gasteiger partial charge in [-0.1, -0.05) is 18.2 Å². The quantitative estimate of drug-likeness (QED) is 0.656. The van der Waals surface area contributed by atoms with Crippen LogP contribution in [0.15, 0.2) is 42.5 Å². The molecule has 8 heteroatoms. The van der Waals surface area contributed by atoms with Gasteiger partial charge in [-0.2, -0.15) is 13.2 Å². The first-order valence-electron chi connectivity index (χ1n) is 10.3. The molecule has 4 nitrogen and oxygen atoms in total. The fraction of sp³-hybridized carbons (Fsp3) is 0.435. The number of alkyl halides is 3. The van der Waals surface area contributed by atoms with Gasteiger partial charge in [0.2, 0.25) is 5.91 Å². The Balaban J connectivity index is 1.28. The van der Waals surface area contributed by atoms with Crippen molar-refractivity contribution in [2.45, 2.75) is 25.1 Å². The van der Waals surface area contributed by atoms with Crippen molar-refractivity contribution in [3.05, 3.63) is 65.0 Å². The smallest absolute Gasteiger partial charge is 0.416 e. The highest BCUT2D eigenvalue weighted by atomic mass is 19.4. The van der Waals surface area contributed by atoms with E-state index in [2.05, 4.69) is 4.90 Å². The topological polar surface area (TPSA) is 32.8 Å². The lowest BCUT2D eigenvalue weighted by atomic mass is 10.1. The minimum absolute atomic E-state index is 0.00455. The number of ether oxygens (including phenoxy) is 1. The van der Waals surface area contributed by atoms with Crippen LogP contribution in [0.2, 0.25) is 0 Å². The molecule has 1 heterocycles. The summed E-state index contributed by atoms with van der Waals surface area (Å²) in [5, 5.41) is 0. The first-order valence-corrected chi connectivity index (χ1v) is 10.3. The van der Waals surface area contributed by atoms with E-state index in [0.717, 1.165) is 23.3 Å². The molecule has 1 aliphatic heterocycles. The first-order chi connectivity index (χ1) is 14.8. The second kappa shape index (κ2) is 8.49. The zero-order valence-corrected chi connectivity index (χ0v) is 17.2. The Morgan fingerprint density at radius 3 is 2.32 bits per heavy atom. The van der Waals surface area contributed by atoms with Crippen LogP contribution >= 0.6 is 0 Å². The molecule has 1 aliphatic carbocycles. The van der Waals surface area contributed by atoms with Crippen LogP contribution in [0.5, 0.6) is 5.75 Å². The fourth-order valence-electron chi connectivity index (χ4n) is 4.18.